The molecular formula is C10H15NO. The van der Waals surface area contributed by atoms with Gasteiger partial charge in [-0.25, -0.2) is 0 Å². The summed E-state index contributed by atoms with van der Waals surface area (Å²) in [5.41, 5.74) is 6.98. The minimum absolute atomic E-state index is 0.148. The predicted octanol–water partition coefficient (Wildman–Crippen LogP) is 2.42. The Hall–Kier alpha value is -1.02. The molecule has 0 aliphatic rings. The number of hydrogen-bond acceptors (Lipinski definition) is 2. The normalized spacial score (nSPS) is 14.8. The van der Waals surface area contributed by atoms with Crippen LogP contribution in [0.15, 0.2) is 28.4 Å². The van der Waals surface area contributed by atoms with Crippen molar-refractivity contribution in [2.75, 3.05) is 0 Å². The molecule has 66 valence electrons. The molecule has 2 nitrogen and oxygen atoms in total. The lowest BCUT2D eigenvalue weighted by Crippen LogP contribution is -2.19. The van der Waals surface area contributed by atoms with Gasteiger partial charge < -0.3 is 10.2 Å². The first-order valence-corrected chi connectivity index (χ1v) is 4.21. The summed E-state index contributed by atoms with van der Waals surface area (Å²) >= 11 is 0. The second-order valence-electron chi connectivity index (χ2n) is 2.92. The molecule has 0 bridgehead atoms. The number of rotatable bonds is 3. The standard InChI is InChI=1S/C10H15NO/c1-3-10(11)8(2)7-9-5-4-6-12-9/h4-7,10H,3,11H2,1-2H3/b8-7+/t10-/m1/s1. The molecule has 0 saturated carbocycles. The number of nitrogens with two attached hydrogens (primary N) is 1. The summed E-state index contributed by atoms with van der Waals surface area (Å²) in [6.45, 7) is 4.10. The number of furan rings is 1. The largest absolute Gasteiger partial charge is 0.465 e. The van der Waals surface area contributed by atoms with Crippen LogP contribution in [0.4, 0.5) is 0 Å². The van der Waals surface area contributed by atoms with Crippen molar-refractivity contribution in [2.24, 2.45) is 5.73 Å². The van der Waals surface area contributed by atoms with E-state index in [0.29, 0.717) is 0 Å². The van der Waals surface area contributed by atoms with Gasteiger partial charge in [-0.05, 0) is 31.6 Å². The first kappa shape index (κ1) is 9.07. The molecule has 0 amide bonds. The Balaban J connectivity index is 2.69. The van der Waals surface area contributed by atoms with Crippen molar-refractivity contribution < 1.29 is 4.42 Å². The smallest absolute Gasteiger partial charge is 0.126 e. The fraction of sp³-hybridized carbons (Fsp3) is 0.400. The molecule has 0 fully saturated rings. The van der Waals surface area contributed by atoms with Gasteiger partial charge in [0.25, 0.3) is 0 Å². The molecule has 0 aliphatic heterocycles. The molecule has 1 heterocycles. The van der Waals surface area contributed by atoms with Gasteiger partial charge in [-0.2, -0.15) is 0 Å². The Kier molecular flexibility index (Phi) is 3.11. The van der Waals surface area contributed by atoms with Crippen LogP contribution in [0, 0.1) is 0 Å². The molecule has 0 saturated heterocycles. The molecule has 0 spiro atoms. The summed E-state index contributed by atoms with van der Waals surface area (Å²) in [7, 11) is 0. The summed E-state index contributed by atoms with van der Waals surface area (Å²) in [5, 5.41) is 0. The SMILES string of the molecule is CC[C@@H](N)/C(C)=C/c1ccco1. The van der Waals surface area contributed by atoms with E-state index in [4.69, 9.17) is 10.2 Å². The van der Waals surface area contributed by atoms with Gasteiger partial charge in [0, 0.05) is 6.04 Å². The van der Waals surface area contributed by atoms with E-state index in [1.807, 2.05) is 25.1 Å². The van der Waals surface area contributed by atoms with Crippen LogP contribution in [-0.2, 0) is 0 Å². The molecule has 0 aromatic carbocycles. The lowest BCUT2D eigenvalue weighted by molar-refractivity contribution is 0.555. The second-order valence-corrected chi connectivity index (χ2v) is 2.92. The van der Waals surface area contributed by atoms with Gasteiger partial charge in [0.05, 0.1) is 6.26 Å². The fourth-order valence-electron chi connectivity index (χ4n) is 1.03. The molecule has 1 aromatic heterocycles. The van der Waals surface area contributed by atoms with E-state index in [1.54, 1.807) is 6.26 Å². The van der Waals surface area contributed by atoms with Crippen LogP contribution >= 0.6 is 0 Å². The van der Waals surface area contributed by atoms with Crippen molar-refractivity contribution in [1.82, 2.24) is 0 Å². The maximum Gasteiger partial charge on any atom is 0.126 e. The summed E-state index contributed by atoms with van der Waals surface area (Å²) in [4.78, 5) is 0. The molecule has 1 atom stereocenters. The topological polar surface area (TPSA) is 39.2 Å². The van der Waals surface area contributed by atoms with Crippen LogP contribution in [-0.4, -0.2) is 6.04 Å². The quantitative estimate of drug-likeness (QED) is 0.747. The molecule has 0 aliphatic carbocycles. The molecular weight excluding hydrogens is 150 g/mol. The molecule has 2 N–H and O–H groups in total. The van der Waals surface area contributed by atoms with E-state index < -0.39 is 0 Å². The zero-order chi connectivity index (χ0) is 8.97. The minimum atomic E-state index is 0.148. The Labute approximate surface area is 73.1 Å². The predicted molar refractivity (Wildman–Crippen MR) is 50.6 cm³/mol. The van der Waals surface area contributed by atoms with E-state index in [1.165, 1.54) is 0 Å². The van der Waals surface area contributed by atoms with Crippen molar-refractivity contribution in [3.8, 4) is 0 Å². The molecule has 12 heavy (non-hydrogen) atoms. The molecule has 0 radical (unpaired) electrons. The lowest BCUT2D eigenvalue weighted by Gasteiger charge is -2.07. The molecule has 1 rings (SSSR count). The van der Waals surface area contributed by atoms with E-state index in [0.717, 1.165) is 17.8 Å². The maximum absolute atomic E-state index is 5.82. The first-order valence-electron chi connectivity index (χ1n) is 4.21. The van der Waals surface area contributed by atoms with Crippen LogP contribution in [0.25, 0.3) is 6.08 Å². The van der Waals surface area contributed by atoms with Crippen LogP contribution in [0.1, 0.15) is 26.0 Å². The van der Waals surface area contributed by atoms with Crippen LogP contribution in [0.3, 0.4) is 0 Å². The summed E-state index contributed by atoms with van der Waals surface area (Å²) in [5.74, 6) is 0.872. The monoisotopic (exact) mass is 165 g/mol. The Morgan fingerprint density at radius 2 is 2.50 bits per heavy atom. The Morgan fingerprint density at radius 3 is 3.00 bits per heavy atom. The van der Waals surface area contributed by atoms with Gasteiger partial charge in [-0.3, -0.25) is 0 Å². The molecule has 2 heteroatoms. The van der Waals surface area contributed by atoms with Crippen molar-refractivity contribution >= 4 is 6.08 Å². The third kappa shape index (κ3) is 2.24. The fourth-order valence-corrected chi connectivity index (χ4v) is 1.03. The average Bonchev–Trinajstić information content (AvgIpc) is 2.55. The van der Waals surface area contributed by atoms with Gasteiger partial charge in [0.2, 0.25) is 0 Å². The highest BCUT2D eigenvalue weighted by Crippen LogP contribution is 2.10. The van der Waals surface area contributed by atoms with Crippen LogP contribution in [0.2, 0.25) is 0 Å². The number of hydrogen-bond donors (Lipinski definition) is 1. The second kappa shape index (κ2) is 4.12. The first-order chi connectivity index (χ1) is 5.74. The molecule has 0 unspecified atom stereocenters. The Morgan fingerprint density at radius 1 is 1.75 bits per heavy atom. The van der Waals surface area contributed by atoms with Gasteiger partial charge in [0.15, 0.2) is 0 Å². The van der Waals surface area contributed by atoms with Gasteiger partial charge in [0.1, 0.15) is 5.76 Å². The summed E-state index contributed by atoms with van der Waals surface area (Å²) < 4.78 is 5.17. The highest BCUT2D eigenvalue weighted by atomic mass is 16.3. The average molecular weight is 165 g/mol. The maximum atomic E-state index is 5.82. The highest BCUT2D eigenvalue weighted by Gasteiger charge is 2.01. The van der Waals surface area contributed by atoms with E-state index in [-0.39, 0.29) is 6.04 Å². The third-order valence-corrected chi connectivity index (χ3v) is 1.94. The summed E-state index contributed by atoms with van der Waals surface area (Å²) in [6.07, 6.45) is 4.60. The zero-order valence-corrected chi connectivity index (χ0v) is 7.58. The van der Waals surface area contributed by atoms with Crippen LogP contribution in [0.5, 0.6) is 0 Å². The van der Waals surface area contributed by atoms with Gasteiger partial charge in [-0.15, -0.1) is 0 Å². The summed E-state index contributed by atoms with van der Waals surface area (Å²) in [6, 6.07) is 3.94. The van der Waals surface area contributed by atoms with Crippen molar-refractivity contribution in [3.05, 3.63) is 29.7 Å². The third-order valence-electron chi connectivity index (χ3n) is 1.94. The van der Waals surface area contributed by atoms with E-state index in [2.05, 4.69) is 6.92 Å². The zero-order valence-electron chi connectivity index (χ0n) is 7.58. The van der Waals surface area contributed by atoms with Crippen molar-refractivity contribution in [1.29, 1.82) is 0 Å². The van der Waals surface area contributed by atoms with Gasteiger partial charge in [-0.1, -0.05) is 12.5 Å². The van der Waals surface area contributed by atoms with E-state index in [9.17, 15) is 0 Å². The molecule has 1 aromatic rings. The highest BCUT2D eigenvalue weighted by molar-refractivity contribution is 5.47. The van der Waals surface area contributed by atoms with Crippen molar-refractivity contribution in [3.63, 3.8) is 0 Å². The van der Waals surface area contributed by atoms with E-state index >= 15 is 0 Å². The minimum Gasteiger partial charge on any atom is -0.465 e. The van der Waals surface area contributed by atoms with Crippen molar-refractivity contribution in [2.45, 2.75) is 26.3 Å². The lowest BCUT2D eigenvalue weighted by atomic mass is 10.1. The van der Waals surface area contributed by atoms with Crippen LogP contribution < -0.4 is 5.73 Å². The Bertz CT molecular complexity index is 249. The van der Waals surface area contributed by atoms with Gasteiger partial charge >= 0.3 is 0 Å².